The summed E-state index contributed by atoms with van der Waals surface area (Å²) in [7, 11) is 1.60. The van der Waals surface area contributed by atoms with Crippen molar-refractivity contribution in [3.05, 3.63) is 59.0 Å². The number of nitrogens with two attached hydrogens (primary N) is 1. The Kier molecular flexibility index (Phi) is 4.94. The minimum absolute atomic E-state index is 0.103. The van der Waals surface area contributed by atoms with E-state index in [9.17, 15) is 4.79 Å². The lowest BCUT2D eigenvalue weighted by Gasteiger charge is -2.28. The van der Waals surface area contributed by atoms with Gasteiger partial charge in [-0.25, -0.2) is 4.98 Å². The lowest BCUT2D eigenvalue weighted by molar-refractivity contribution is 0.122. The highest BCUT2D eigenvalue weighted by atomic mass is 16.5. The molecule has 0 unspecified atom stereocenters. The Morgan fingerprint density at radius 2 is 1.96 bits per heavy atom. The van der Waals surface area contributed by atoms with Crippen LogP contribution in [0.5, 0.6) is 5.75 Å². The molecule has 0 radical (unpaired) electrons. The van der Waals surface area contributed by atoms with Gasteiger partial charge >= 0.3 is 0 Å². The van der Waals surface area contributed by atoms with E-state index in [0.29, 0.717) is 30.5 Å². The maximum Gasteiger partial charge on any atom is 0.296 e. The molecule has 1 aromatic carbocycles. The second kappa shape index (κ2) is 7.69. The van der Waals surface area contributed by atoms with Gasteiger partial charge in [0, 0.05) is 36.6 Å². The third-order valence-corrected chi connectivity index (χ3v) is 4.63. The van der Waals surface area contributed by atoms with Crippen LogP contribution < -0.4 is 20.9 Å². The van der Waals surface area contributed by atoms with Gasteiger partial charge in [0.15, 0.2) is 5.82 Å². The number of anilines is 2. The summed E-state index contributed by atoms with van der Waals surface area (Å²) in [6.07, 6.45) is 1.67. The van der Waals surface area contributed by atoms with Crippen LogP contribution in [-0.2, 0) is 4.74 Å². The zero-order valence-electron chi connectivity index (χ0n) is 15.5. The lowest BCUT2D eigenvalue weighted by Crippen LogP contribution is -2.36. The summed E-state index contributed by atoms with van der Waals surface area (Å²) in [4.78, 5) is 19.2. The quantitative estimate of drug-likeness (QED) is 0.737. The molecule has 0 atom stereocenters. The first-order chi connectivity index (χ1) is 13.7. The number of pyridine rings is 1. The van der Waals surface area contributed by atoms with E-state index >= 15 is 0 Å². The van der Waals surface area contributed by atoms with E-state index in [2.05, 4.69) is 15.0 Å². The number of methoxy groups -OCH3 is 1. The maximum absolute atomic E-state index is 12.6. The fraction of sp³-hybridized carbons (Fsp3) is 0.250. The van der Waals surface area contributed by atoms with Crippen LogP contribution in [0.3, 0.4) is 0 Å². The van der Waals surface area contributed by atoms with Gasteiger partial charge in [0.1, 0.15) is 11.4 Å². The van der Waals surface area contributed by atoms with Gasteiger partial charge in [-0.05, 0) is 24.3 Å². The summed E-state index contributed by atoms with van der Waals surface area (Å²) >= 11 is 0. The molecule has 0 amide bonds. The minimum atomic E-state index is -0.404. The first-order valence-corrected chi connectivity index (χ1v) is 8.99. The Morgan fingerprint density at radius 3 is 2.75 bits per heavy atom. The van der Waals surface area contributed by atoms with Crippen LogP contribution in [0.2, 0.25) is 0 Å². The minimum Gasteiger partial charge on any atom is -0.497 e. The molecule has 4 rings (SSSR count). The van der Waals surface area contributed by atoms with E-state index in [1.54, 1.807) is 19.4 Å². The zero-order chi connectivity index (χ0) is 19.5. The van der Waals surface area contributed by atoms with Crippen LogP contribution in [0.1, 0.15) is 0 Å². The number of rotatable bonds is 4. The van der Waals surface area contributed by atoms with Crippen molar-refractivity contribution in [2.45, 2.75) is 0 Å². The van der Waals surface area contributed by atoms with Crippen LogP contribution in [0.4, 0.5) is 11.4 Å². The molecule has 1 aliphatic heterocycles. The largest absolute Gasteiger partial charge is 0.497 e. The predicted octanol–water partition coefficient (Wildman–Crippen LogP) is 1.72. The number of nitrogen functional groups attached to an aromatic ring is 1. The van der Waals surface area contributed by atoms with Crippen molar-refractivity contribution in [2.75, 3.05) is 44.0 Å². The standard InChI is InChI=1S/C20H21N5O3/c1-27-16-4-2-3-14(11-16)18-13-17(21)20(26)25(23-18)19-12-15(5-6-22-19)24-7-9-28-10-8-24/h2-6,11-13H,7-10,21H2,1H3. The number of aromatic nitrogens is 3. The molecule has 0 bridgehead atoms. The summed E-state index contributed by atoms with van der Waals surface area (Å²) in [5.41, 5.74) is 8.01. The molecule has 8 heteroatoms. The summed E-state index contributed by atoms with van der Waals surface area (Å²) in [6, 6.07) is 12.8. The Morgan fingerprint density at radius 1 is 1.14 bits per heavy atom. The highest BCUT2D eigenvalue weighted by molar-refractivity contribution is 5.64. The summed E-state index contributed by atoms with van der Waals surface area (Å²) < 4.78 is 11.9. The SMILES string of the molecule is COc1cccc(-c2cc(N)c(=O)n(-c3cc(N4CCOCC4)ccn3)n2)c1. The van der Waals surface area contributed by atoms with Crippen LogP contribution in [0.25, 0.3) is 17.1 Å². The van der Waals surface area contributed by atoms with Crippen molar-refractivity contribution >= 4 is 11.4 Å². The van der Waals surface area contributed by atoms with Crippen molar-refractivity contribution in [3.8, 4) is 22.8 Å². The summed E-state index contributed by atoms with van der Waals surface area (Å²) in [5.74, 6) is 1.12. The lowest BCUT2D eigenvalue weighted by atomic mass is 10.1. The number of hydrogen-bond donors (Lipinski definition) is 1. The van der Waals surface area contributed by atoms with Crippen LogP contribution in [0, 0.1) is 0 Å². The Balaban J connectivity index is 1.77. The molecule has 8 nitrogen and oxygen atoms in total. The molecular weight excluding hydrogens is 358 g/mol. The maximum atomic E-state index is 12.6. The highest BCUT2D eigenvalue weighted by Crippen LogP contribution is 2.23. The third kappa shape index (κ3) is 3.54. The summed E-state index contributed by atoms with van der Waals surface area (Å²) in [6.45, 7) is 2.93. The van der Waals surface area contributed by atoms with Gasteiger partial charge in [-0.3, -0.25) is 4.79 Å². The topological polar surface area (TPSA) is 95.5 Å². The molecule has 1 saturated heterocycles. The van der Waals surface area contributed by atoms with Crippen LogP contribution >= 0.6 is 0 Å². The smallest absolute Gasteiger partial charge is 0.296 e. The van der Waals surface area contributed by atoms with Crippen molar-refractivity contribution in [1.29, 1.82) is 0 Å². The molecule has 144 valence electrons. The molecular formula is C20H21N5O3. The van der Waals surface area contributed by atoms with Gasteiger partial charge < -0.3 is 20.1 Å². The fourth-order valence-electron chi connectivity index (χ4n) is 3.13. The van der Waals surface area contributed by atoms with Gasteiger partial charge in [0.2, 0.25) is 0 Å². The van der Waals surface area contributed by atoms with E-state index < -0.39 is 5.56 Å². The molecule has 3 heterocycles. The average Bonchev–Trinajstić information content (AvgIpc) is 2.76. The van der Waals surface area contributed by atoms with Crippen LogP contribution in [0.15, 0.2) is 53.5 Å². The zero-order valence-corrected chi connectivity index (χ0v) is 15.5. The normalized spacial score (nSPS) is 14.1. The van der Waals surface area contributed by atoms with Gasteiger partial charge in [-0.15, -0.1) is 0 Å². The average molecular weight is 379 g/mol. The van der Waals surface area contributed by atoms with Crippen molar-refractivity contribution in [3.63, 3.8) is 0 Å². The Bertz CT molecular complexity index is 1040. The molecule has 1 fully saturated rings. The molecule has 0 saturated carbocycles. The Hall–Kier alpha value is -3.39. The van der Waals surface area contributed by atoms with Crippen LogP contribution in [-0.4, -0.2) is 48.2 Å². The molecule has 2 aromatic heterocycles. The number of ether oxygens (including phenoxy) is 2. The first-order valence-electron chi connectivity index (χ1n) is 8.99. The van der Waals surface area contributed by atoms with Gasteiger partial charge in [0.05, 0.1) is 26.0 Å². The van der Waals surface area contributed by atoms with E-state index in [4.69, 9.17) is 15.2 Å². The third-order valence-electron chi connectivity index (χ3n) is 4.63. The molecule has 3 aromatic rings. The number of hydrogen-bond acceptors (Lipinski definition) is 7. The fourth-order valence-corrected chi connectivity index (χ4v) is 3.13. The molecule has 0 spiro atoms. The van der Waals surface area contributed by atoms with Crippen molar-refractivity contribution in [2.24, 2.45) is 0 Å². The molecule has 28 heavy (non-hydrogen) atoms. The molecule has 0 aliphatic carbocycles. The van der Waals surface area contributed by atoms with Gasteiger partial charge in [0.25, 0.3) is 5.56 Å². The van der Waals surface area contributed by atoms with E-state index in [-0.39, 0.29) is 5.69 Å². The second-order valence-electron chi connectivity index (χ2n) is 6.41. The van der Waals surface area contributed by atoms with E-state index in [1.807, 2.05) is 36.4 Å². The number of benzene rings is 1. The number of nitrogens with zero attached hydrogens (tertiary/aromatic N) is 4. The van der Waals surface area contributed by atoms with Gasteiger partial charge in [-0.1, -0.05) is 12.1 Å². The highest BCUT2D eigenvalue weighted by Gasteiger charge is 2.15. The Labute approximate surface area is 162 Å². The van der Waals surface area contributed by atoms with Crippen molar-refractivity contribution < 1.29 is 9.47 Å². The monoisotopic (exact) mass is 379 g/mol. The van der Waals surface area contributed by atoms with E-state index in [1.165, 1.54) is 4.68 Å². The van der Waals surface area contributed by atoms with E-state index in [0.717, 1.165) is 24.3 Å². The second-order valence-corrected chi connectivity index (χ2v) is 6.41. The van der Waals surface area contributed by atoms with Gasteiger partial charge in [-0.2, -0.15) is 9.78 Å². The predicted molar refractivity (Wildman–Crippen MR) is 107 cm³/mol. The summed E-state index contributed by atoms with van der Waals surface area (Å²) in [5, 5.41) is 4.50. The number of morpholine rings is 1. The molecule has 2 N–H and O–H groups in total. The van der Waals surface area contributed by atoms with Crippen molar-refractivity contribution in [1.82, 2.24) is 14.8 Å². The first kappa shape index (κ1) is 18.0. The molecule has 1 aliphatic rings.